The Morgan fingerprint density at radius 3 is 2.88 bits per heavy atom. The number of nitrogens with zero attached hydrogens (tertiary/aromatic N) is 1. The number of aryl methyl sites for hydroxylation is 1. The minimum absolute atomic E-state index is 0.689. The van der Waals surface area contributed by atoms with Gasteiger partial charge in [-0.15, -0.1) is 0 Å². The lowest BCUT2D eigenvalue weighted by Gasteiger charge is -2.09. The van der Waals surface area contributed by atoms with Gasteiger partial charge in [0.15, 0.2) is 0 Å². The van der Waals surface area contributed by atoms with Gasteiger partial charge < -0.3 is 5.32 Å². The molecule has 0 aliphatic carbocycles. The van der Waals surface area contributed by atoms with E-state index in [0.717, 1.165) is 15.7 Å². The van der Waals surface area contributed by atoms with Crippen molar-refractivity contribution in [1.29, 1.82) is 0 Å². The number of hydrogen-bond donors (Lipinski definition) is 1. The van der Waals surface area contributed by atoms with Gasteiger partial charge in [-0.1, -0.05) is 27.5 Å². The zero-order valence-corrected chi connectivity index (χ0v) is 11.7. The molecule has 1 heterocycles. The van der Waals surface area contributed by atoms with Gasteiger partial charge in [0.25, 0.3) is 0 Å². The Morgan fingerprint density at radius 1 is 1.35 bits per heavy atom. The van der Waals surface area contributed by atoms with Crippen LogP contribution in [0.3, 0.4) is 0 Å². The number of nitrogens with one attached hydrogen (secondary N) is 1. The predicted molar refractivity (Wildman–Crippen MR) is 75.5 cm³/mol. The molecule has 17 heavy (non-hydrogen) atoms. The highest BCUT2D eigenvalue weighted by molar-refractivity contribution is 9.10. The highest BCUT2D eigenvalue weighted by Crippen LogP contribution is 2.21. The van der Waals surface area contributed by atoms with Crippen LogP contribution >= 0.6 is 27.5 Å². The lowest BCUT2D eigenvalue weighted by molar-refractivity contribution is 1.12. The second-order valence-electron chi connectivity index (χ2n) is 3.78. The van der Waals surface area contributed by atoms with E-state index < -0.39 is 0 Å². The molecule has 0 spiro atoms. The molecule has 4 heteroatoms. The van der Waals surface area contributed by atoms with E-state index in [1.165, 1.54) is 5.56 Å². The first-order chi connectivity index (χ1) is 8.16. The molecular formula is C13H12BrClN2. The number of benzene rings is 1. The molecular weight excluding hydrogens is 300 g/mol. The monoisotopic (exact) mass is 310 g/mol. The van der Waals surface area contributed by atoms with Crippen LogP contribution in [0.5, 0.6) is 0 Å². The van der Waals surface area contributed by atoms with Crippen molar-refractivity contribution in [3.05, 3.63) is 57.3 Å². The van der Waals surface area contributed by atoms with Crippen LogP contribution in [0.1, 0.15) is 11.1 Å². The van der Waals surface area contributed by atoms with Gasteiger partial charge in [-0.2, -0.15) is 0 Å². The van der Waals surface area contributed by atoms with Crippen LogP contribution in [0.15, 0.2) is 41.1 Å². The number of rotatable bonds is 3. The van der Waals surface area contributed by atoms with Crippen LogP contribution in [0.2, 0.25) is 5.02 Å². The van der Waals surface area contributed by atoms with E-state index in [9.17, 15) is 0 Å². The first-order valence-electron chi connectivity index (χ1n) is 5.25. The second-order valence-corrected chi connectivity index (χ2v) is 5.05. The summed E-state index contributed by atoms with van der Waals surface area (Å²) in [6.07, 6.45) is 3.40. The third-order valence-electron chi connectivity index (χ3n) is 2.50. The Bertz CT molecular complexity index is 529. The molecule has 2 nitrogen and oxygen atoms in total. The Labute approximate surface area is 114 Å². The van der Waals surface area contributed by atoms with Gasteiger partial charge in [0, 0.05) is 29.1 Å². The number of hydrogen-bond acceptors (Lipinski definition) is 2. The summed E-state index contributed by atoms with van der Waals surface area (Å²) in [6, 6.07) is 8.08. The molecule has 0 atom stereocenters. The minimum atomic E-state index is 0.689. The molecule has 0 saturated heterocycles. The van der Waals surface area contributed by atoms with E-state index in [0.29, 0.717) is 11.6 Å². The van der Waals surface area contributed by atoms with Crippen LogP contribution < -0.4 is 5.32 Å². The highest BCUT2D eigenvalue weighted by Gasteiger charge is 2.00. The van der Waals surface area contributed by atoms with Crippen molar-refractivity contribution >= 4 is 33.2 Å². The second kappa shape index (κ2) is 5.52. The molecule has 0 unspecified atom stereocenters. The van der Waals surface area contributed by atoms with Gasteiger partial charge >= 0.3 is 0 Å². The fraction of sp³-hybridized carbons (Fsp3) is 0.154. The summed E-state index contributed by atoms with van der Waals surface area (Å²) in [5.74, 6) is 0. The zero-order valence-electron chi connectivity index (χ0n) is 9.37. The molecule has 0 radical (unpaired) electrons. The average Bonchev–Trinajstić information content (AvgIpc) is 2.32. The molecule has 1 N–H and O–H groups in total. The molecule has 0 bridgehead atoms. The van der Waals surface area contributed by atoms with Gasteiger partial charge in [0.2, 0.25) is 0 Å². The van der Waals surface area contributed by atoms with Crippen LogP contribution in [0.4, 0.5) is 5.69 Å². The molecule has 2 rings (SSSR count). The average molecular weight is 312 g/mol. The first kappa shape index (κ1) is 12.4. The summed E-state index contributed by atoms with van der Waals surface area (Å²) in [4.78, 5) is 3.96. The Balaban J connectivity index is 2.08. The smallest absolute Gasteiger partial charge is 0.0639 e. The lowest BCUT2D eigenvalue weighted by atomic mass is 10.2. The number of halogens is 2. The fourth-order valence-corrected chi connectivity index (χ4v) is 1.93. The van der Waals surface area contributed by atoms with Gasteiger partial charge in [0.1, 0.15) is 0 Å². The number of pyridine rings is 1. The van der Waals surface area contributed by atoms with Crippen molar-refractivity contribution in [2.45, 2.75) is 13.5 Å². The summed E-state index contributed by atoms with van der Waals surface area (Å²) < 4.78 is 1.12. The summed E-state index contributed by atoms with van der Waals surface area (Å²) in [5.41, 5.74) is 3.33. The van der Waals surface area contributed by atoms with Crippen molar-refractivity contribution in [1.82, 2.24) is 4.98 Å². The minimum Gasteiger partial charge on any atom is -0.381 e. The normalized spacial score (nSPS) is 10.3. The number of anilines is 1. The van der Waals surface area contributed by atoms with Crippen molar-refractivity contribution < 1.29 is 0 Å². The maximum absolute atomic E-state index is 6.04. The van der Waals surface area contributed by atoms with Gasteiger partial charge in [-0.05, 0) is 42.3 Å². The first-order valence-corrected chi connectivity index (χ1v) is 6.42. The van der Waals surface area contributed by atoms with Gasteiger partial charge in [-0.25, -0.2) is 0 Å². The SMILES string of the molecule is Cc1cc(NCc2ccncc2Cl)ccc1Br. The molecule has 0 amide bonds. The molecule has 0 aliphatic heterocycles. The Kier molecular flexibility index (Phi) is 4.02. The lowest BCUT2D eigenvalue weighted by Crippen LogP contribution is -2.00. The maximum atomic E-state index is 6.04. The fourth-order valence-electron chi connectivity index (χ4n) is 1.50. The standard InChI is InChI=1S/C13H12BrClN2/c1-9-6-11(2-3-12(9)14)17-7-10-4-5-16-8-13(10)15/h2-6,8,17H,7H2,1H3. The van der Waals surface area contributed by atoms with Crippen molar-refractivity contribution in [3.63, 3.8) is 0 Å². The highest BCUT2D eigenvalue weighted by atomic mass is 79.9. The zero-order chi connectivity index (χ0) is 12.3. The van der Waals surface area contributed by atoms with Crippen molar-refractivity contribution in [2.75, 3.05) is 5.32 Å². The quantitative estimate of drug-likeness (QED) is 0.907. The van der Waals surface area contributed by atoms with E-state index in [1.807, 2.05) is 18.2 Å². The molecule has 1 aromatic heterocycles. The van der Waals surface area contributed by atoms with Crippen molar-refractivity contribution in [2.24, 2.45) is 0 Å². The molecule has 2 aromatic rings. The molecule has 0 saturated carbocycles. The third kappa shape index (κ3) is 3.20. The Hall–Kier alpha value is -1.06. The van der Waals surface area contributed by atoms with Crippen molar-refractivity contribution in [3.8, 4) is 0 Å². The van der Waals surface area contributed by atoms with Crippen LogP contribution in [0.25, 0.3) is 0 Å². The summed E-state index contributed by atoms with van der Waals surface area (Å²) in [6.45, 7) is 2.76. The molecule has 0 fully saturated rings. The van der Waals surface area contributed by atoms with Crippen LogP contribution in [-0.2, 0) is 6.54 Å². The van der Waals surface area contributed by atoms with E-state index in [2.05, 4.69) is 39.2 Å². The van der Waals surface area contributed by atoms with E-state index >= 15 is 0 Å². The summed E-state index contributed by atoms with van der Waals surface area (Å²) in [5, 5.41) is 4.03. The summed E-state index contributed by atoms with van der Waals surface area (Å²) >= 11 is 9.52. The molecule has 88 valence electrons. The van der Waals surface area contributed by atoms with Gasteiger partial charge in [0.05, 0.1) is 5.02 Å². The topological polar surface area (TPSA) is 24.9 Å². The van der Waals surface area contributed by atoms with Crippen LogP contribution in [0, 0.1) is 6.92 Å². The largest absolute Gasteiger partial charge is 0.381 e. The Morgan fingerprint density at radius 2 is 2.18 bits per heavy atom. The molecule has 0 aliphatic rings. The maximum Gasteiger partial charge on any atom is 0.0639 e. The van der Waals surface area contributed by atoms with E-state index in [-0.39, 0.29) is 0 Å². The van der Waals surface area contributed by atoms with E-state index in [4.69, 9.17) is 11.6 Å². The molecule has 1 aromatic carbocycles. The van der Waals surface area contributed by atoms with Gasteiger partial charge in [-0.3, -0.25) is 4.98 Å². The van der Waals surface area contributed by atoms with Crippen LogP contribution in [-0.4, -0.2) is 4.98 Å². The predicted octanol–water partition coefficient (Wildman–Crippen LogP) is 4.42. The van der Waals surface area contributed by atoms with E-state index in [1.54, 1.807) is 12.4 Å². The number of aromatic nitrogens is 1. The summed E-state index contributed by atoms with van der Waals surface area (Å²) in [7, 11) is 0. The third-order valence-corrected chi connectivity index (χ3v) is 3.73.